The summed E-state index contributed by atoms with van der Waals surface area (Å²) in [5.74, 6) is 0.984. The number of fused-ring (bicyclic) bond motifs is 1. The molecule has 0 saturated heterocycles. The SMILES string of the molecule is C=C1CC[C@@H]2[C@@H](C(=O)OC)CCC[C@@]2(C)[C@H]1CCc1ccoc1. The maximum Gasteiger partial charge on any atom is 0.308 e. The van der Waals surface area contributed by atoms with Gasteiger partial charge < -0.3 is 9.15 Å². The Kier molecular flexibility index (Phi) is 4.65. The fraction of sp³-hybridized carbons (Fsp3) is 0.650. The Bertz CT molecular complexity index is 559. The molecule has 0 N–H and O–H groups in total. The van der Waals surface area contributed by atoms with Crippen molar-refractivity contribution < 1.29 is 13.9 Å². The molecule has 2 saturated carbocycles. The number of aryl methyl sites for hydroxylation is 1. The van der Waals surface area contributed by atoms with Crippen LogP contribution in [0.25, 0.3) is 0 Å². The van der Waals surface area contributed by atoms with E-state index < -0.39 is 0 Å². The summed E-state index contributed by atoms with van der Waals surface area (Å²) < 4.78 is 10.3. The summed E-state index contributed by atoms with van der Waals surface area (Å²) in [5, 5.41) is 0. The molecule has 0 aliphatic heterocycles. The van der Waals surface area contributed by atoms with Crippen LogP contribution in [0.4, 0.5) is 0 Å². The lowest BCUT2D eigenvalue weighted by molar-refractivity contribution is -0.154. The minimum absolute atomic E-state index is 0.0120. The summed E-state index contributed by atoms with van der Waals surface area (Å²) in [4.78, 5) is 12.2. The Labute approximate surface area is 139 Å². The number of allylic oxidation sites excluding steroid dienone is 1. The smallest absolute Gasteiger partial charge is 0.308 e. The first-order chi connectivity index (χ1) is 11.1. The van der Waals surface area contributed by atoms with Crippen LogP contribution in [-0.2, 0) is 16.0 Å². The van der Waals surface area contributed by atoms with Gasteiger partial charge in [0.1, 0.15) is 0 Å². The molecular formula is C20H28O3. The molecule has 3 nitrogen and oxygen atoms in total. The van der Waals surface area contributed by atoms with Crippen LogP contribution in [0.2, 0.25) is 0 Å². The molecule has 2 fully saturated rings. The number of furan rings is 1. The van der Waals surface area contributed by atoms with Crippen molar-refractivity contribution in [1.82, 2.24) is 0 Å². The third-order valence-electron chi connectivity index (χ3n) is 6.43. The van der Waals surface area contributed by atoms with Gasteiger partial charge in [-0.3, -0.25) is 4.79 Å². The molecule has 3 heteroatoms. The van der Waals surface area contributed by atoms with Gasteiger partial charge in [0.25, 0.3) is 0 Å². The van der Waals surface area contributed by atoms with Crippen molar-refractivity contribution in [3.8, 4) is 0 Å². The molecule has 0 radical (unpaired) electrons. The van der Waals surface area contributed by atoms with Crippen LogP contribution in [0.1, 0.15) is 51.0 Å². The maximum absolute atomic E-state index is 12.2. The van der Waals surface area contributed by atoms with E-state index in [1.54, 1.807) is 6.26 Å². The van der Waals surface area contributed by atoms with Crippen molar-refractivity contribution in [2.75, 3.05) is 7.11 Å². The zero-order chi connectivity index (χ0) is 16.4. The van der Waals surface area contributed by atoms with Gasteiger partial charge in [-0.25, -0.2) is 0 Å². The molecule has 0 spiro atoms. The van der Waals surface area contributed by atoms with Gasteiger partial charge in [-0.2, -0.15) is 0 Å². The van der Waals surface area contributed by atoms with Gasteiger partial charge in [-0.05, 0) is 67.4 Å². The zero-order valence-electron chi connectivity index (χ0n) is 14.3. The Morgan fingerprint density at radius 2 is 2.30 bits per heavy atom. The molecule has 23 heavy (non-hydrogen) atoms. The van der Waals surface area contributed by atoms with Crippen LogP contribution in [0.5, 0.6) is 0 Å². The average molecular weight is 316 g/mol. The maximum atomic E-state index is 12.2. The molecule has 0 aromatic carbocycles. The molecule has 3 rings (SSSR count). The van der Waals surface area contributed by atoms with Crippen LogP contribution in [0.3, 0.4) is 0 Å². The standard InChI is InChI=1S/C20H28O3/c1-14-6-8-18-16(19(21)22-3)5-4-11-20(18,2)17(14)9-7-15-10-12-23-13-15/h10,12-13,16-18H,1,4-9,11H2,2-3H3/t16-,17-,18+,20-/m0/s1. The Morgan fingerprint density at radius 3 is 3.00 bits per heavy atom. The summed E-state index contributed by atoms with van der Waals surface area (Å²) in [6.07, 6.45) is 11.1. The third kappa shape index (κ3) is 2.98. The molecule has 1 aromatic heterocycles. The lowest BCUT2D eigenvalue weighted by Gasteiger charge is -2.54. The molecule has 1 aromatic rings. The fourth-order valence-electron chi connectivity index (χ4n) is 5.21. The second-order valence-corrected chi connectivity index (χ2v) is 7.55. The minimum atomic E-state index is -0.0120. The number of carbonyl (C=O) groups is 1. The first kappa shape index (κ1) is 16.4. The zero-order valence-corrected chi connectivity index (χ0v) is 14.3. The van der Waals surface area contributed by atoms with Crippen LogP contribution >= 0.6 is 0 Å². The first-order valence-electron chi connectivity index (χ1n) is 8.83. The highest BCUT2D eigenvalue weighted by atomic mass is 16.5. The number of methoxy groups -OCH3 is 1. The van der Waals surface area contributed by atoms with E-state index in [2.05, 4.69) is 13.5 Å². The number of carbonyl (C=O) groups excluding carboxylic acids is 1. The van der Waals surface area contributed by atoms with Gasteiger partial charge in [-0.1, -0.05) is 25.5 Å². The summed E-state index contributed by atoms with van der Waals surface area (Å²) in [5.41, 5.74) is 2.80. The molecule has 2 aliphatic rings. The molecule has 126 valence electrons. The number of rotatable bonds is 4. The monoisotopic (exact) mass is 316 g/mol. The highest BCUT2D eigenvalue weighted by Crippen LogP contribution is 2.58. The van der Waals surface area contributed by atoms with E-state index in [-0.39, 0.29) is 17.3 Å². The van der Waals surface area contributed by atoms with Crippen molar-refractivity contribution in [3.05, 3.63) is 36.3 Å². The normalized spacial score (nSPS) is 34.0. The van der Waals surface area contributed by atoms with Crippen LogP contribution in [-0.4, -0.2) is 13.1 Å². The second kappa shape index (κ2) is 6.54. The topological polar surface area (TPSA) is 39.4 Å². The minimum Gasteiger partial charge on any atom is -0.472 e. The number of esters is 1. The van der Waals surface area contributed by atoms with Crippen molar-refractivity contribution >= 4 is 5.97 Å². The van der Waals surface area contributed by atoms with E-state index in [1.807, 2.05) is 12.3 Å². The van der Waals surface area contributed by atoms with E-state index in [4.69, 9.17) is 9.15 Å². The summed E-state index contributed by atoms with van der Waals surface area (Å²) in [6, 6.07) is 2.05. The largest absolute Gasteiger partial charge is 0.472 e. The first-order valence-corrected chi connectivity index (χ1v) is 8.83. The van der Waals surface area contributed by atoms with E-state index in [1.165, 1.54) is 24.7 Å². The number of ether oxygens (including phenoxy) is 1. The predicted octanol–water partition coefficient (Wildman–Crippen LogP) is 4.77. The summed E-state index contributed by atoms with van der Waals surface area (Å²) >= 11 is 0. The highest BCUT2D eigenvalue weighted by Gasteiger charge is 2.51. The summed E-state index contributed by atoms with van der Waals surface area (Å²) in [6.45, 7) is 6.77. The number of hydrogen-bond acceptors (Lipinski definition) is 3. The second-order valence-electron chi connectivity index (χ2n) is 7.55. The Hall–Kier alpha value is -1.51. The van der Waals surface area contributed by atoms with Gasteiger partial charge in [-0.15, -0.1) is 0 Å². The van der Waals surface area contributed by atoms with Crippen LogP contribution in [0, 0.1) is 23.2 Å². The molecule has 1 heterocycles. The van der Waals surface area contributed by atoms with E-state index in [0.29, 0.717) is 11.8 Å². The van der Waals surface area contributed by atoms with Crippen molar-refractivity contribution in [2.24, 2.45) is 23.2 Å². The van der Waals surface area contributed by atoms with Crippen molar-refractivity contribution in [1.29, 1.82) is 0 Å². The molecule has 2 aliphatic carbocycles. The molecular weight excluding hydrogens is 288 g/mol. The average Bonchev–Trinajstić information content (AvgIpc) is 3.05. The van der Waals surface area contributed by atoms with Gasteiger partial charge in [0.05, 0.1) is 25.6 Å². The molecule has 4 atom stereocenters. The van der Waals surface area contributed by atoms with Crippen LogP contribution in [0.15, 0.2) is 35.2 Å². The fourth-order valence-corrected chi connectivity index (χ4v) is 5.21. The van der Waals surface area contributed by atoms with E-state index in [0.717, 1.165) is 38.5 Å². The number of hydrogen-bond donors (Lipinski definition) is 0. The van der Waals surface area contributed by atoms with Gasteiger partial charge in [0.15, 0.2) is 0 Å². The highest BCUT2D eigenvalue weighted by molar-refractivity contribution is 5.73. The van der Waals surface area contributed by atoms with Gasteiger partial charge >= 0.3 is 5.97 Å². The van der Waals surface area contributed by atoms with Gasteiger partial charge in [0.2, 0.25) is 0 Å². The van der Waals surface area contributed by atoms with Crippen molar-refractivity contribution in [2.45, 2.75) is 51.9 Å². The Balaban J connectivity index is 1.80. The lowest BCUT2D eigenvalue weighted by atomic mass is 9.50. The predicted molar refractivity (Wildman–Crippen MR) is 89.8 cm³/mol. The molecule has 0 unspecified atom stereocenters. The molecule has 0 bridgehead atoms. The summed E-state index contributed by atoms with van der Waals surface area (Å²) in [7, 11) is 1.52. The quantitative estimate of drug-likeness (QED) is 0.593. The van der Waals surface area contributed by atoms with Crippen LogP contribution < -0.4 is 0 Å². The molecule has 0 amide bonds. The lowest BCUT2D eigenvalue weighted by Crippen LogP contribution is -2.48. The third-order valence-corrected chi connectivity index (χ3v) is 6.43. The van der Waals surface area contributed by atoms with E-state index >= 15 is 0 Å². The van der Waals surface area contributed by atoms with Gasteiger partial charge in [0, 0.05) is 0 Å². The van der Waals surface area contributed by atoms with Crippen molar-refractivity contribution in [3.63, 3.8) is 0 Å². The Morgan fingerprint density at radius 1 is 1.48 bits per heavy atom. The van der Waals surface area contributed by atoms with E-state index in [9.17, 15) is 4.79 Å².